The lowest BCUT2D eigenvalue weighted by atomic mass is 9.93. The van der Waals surface area contributed by atoms with Crippen LogP contribution < -0.4 is 0 Å². The molecule has 84 valence electrons. The molecule has 0 saturated carbocycles. The Bertz CT molecular complexity index is 288. The van der Waals surface area contributed by atoms with E-state index in [2.05, 4.69) is 19.9 Å². The Hall–Kier alpha value is -1.04. The van der Waals surface area contributed by atoms with Crippen LogP contribution >= 0.6 is 0 Å². The summed E-state index contributed by atoms with van der Waals surface area (Å²) in [7, 11) is 0. The third-order valence-electron chi connectivity index (χ3n) is 3.24. The molecule has 1 saturated heterocycles. The highest BCUT2D eigenvalue weighted by Crippen LogP contribution is 2.30. The molecule has 3 heteroatoms. The van der Waals surface area contributed by atoms with Gasteiger partial charge in [0.1, 0.15) is 5.92 Å². The van der Waals surface area contributed by atoms with Crippen molar-refractivity contribution in [2.45, 2.75) is 46.1 Å². The lowest BCUT2D eigenvalue weighted by Crippen LogP contribution is -2.46. The minimum absolute atomic E-state index is 0.00926. The molecule has 0 aromatic carbocycles. The predicted molar refractivity (Wildman–Crippen MR) is 59.0 cm³/mol. The molecular weight excluding hydrogens is 188 g/mol. The van der Waals surface area contributed by atoms with Crippen LogP contribution in [0.15, 0.2) is 0 Å². The largest absolute Gasteiger partial charge is 0.336 e. The minimum Gasteiger partial charge on any atom is -0.336 e. The summed E-state index contributed by atoms with van der Waals surface area (Å²) in [5.41, 5.74) is -0.0684. The highest BCUT2D eigenvalue weighted by molar-refractivity contribution is 5.82. The van der Waals surface area contributed by atoms with Gasteiger partial charge in [0, 0.05) is 12.1 Å². The molecule has 0 radical (unpaired) electrons. The molecule has 0 aromatic heterocycles. The summed E-state index contributed by atoms with van der Waals surface area (Å²) in [6.45, 7) is 8.81. The molecule has 1 amide bonds. The van der Waals surface area contributed by atoms with E-state index in [4.69, 9.17) is 5.26 Å². The number of amides is 1. The van der Waals surface area contributed by atoms with Crippen LogP contribution in [0.25, 0.3) is 0 Å². The first-order valence-corrected chi connectivity index (χ1v) is 5.61. The molecule has 1 atom stereocenters. The first kappa shape index (κ1) is 12.0. The predicted octanol–water partition coefficient (Wildman–Crippen LogP) is 2.18. The van der Waals surface area contributed by atoms with Gasteiger partial charge in [0.25, 0.3) is 0 Å². The van der Waals surface area contributed by atoms with E-state index in [0.717, 1.165) is 19.4 Å². The van der Waals surface area contributed by atoms with E-state index in [1.54, 1.807) is 0 Å². The van der Waals surface area contributed by atoms with Crippen LogP contribution in [-0.4, -0.2) is 22.9 Å². The van der Waals surface area contributed by atoms with E-state index < -0.39 is 5.92 Å². The highest BCUT2D eigenvalue weighted by Gasteiger charge is 2.39. The fourth-order valence-electron chi connectivity index (χ4n) is 2.17. The van der Waals surface area contributed by atoms with Gasteiger partial charge in [-0.05, 0) is 32.6 Å². The minimum atomic E-state index is -0.484. The van der Waals surface area contributed by atoms with Crippen molar-refractivity contribution < 1.29 is 4.79 Å². The van der Waals surface area contributed by atoms with Gasteiger partial charge in [-0.15, -0.1) is 0 Å². The maximum Gasteiger partial charge on any atom is 0.240 e. The first-order valence-electron chi connectivity index (χ1n) is 5.61. The Morgan fingerprint density at radius 1 is 1.47 bits per heavy atom. The smallest absolute Gasteiger partial charge is 0.240 e. The van der Waals surface area contributed by atoms with Gasteiger partial charge >= 0.3 is 0 Å². The monoisotopic (exact) mass is 208 g/mol. The van der Waals surface area contributed by atoms with Crippen LogP contribution in [0.4, 0.5) is 0 Å². The van der Waals surface area contributed by atoms with E-state index in [0.29, 0.717) is 0 Å². The topological polar surface area (TPSA) is 44.1 Å². The molecule has 0 aliphatic carbocycles. The SMILES string of the molecule is CC(C)C(C#N)C(=O)N1CCCC1(C)C. The lowest BCUT2D eigenvalue weighted by molar-refractivity contribution is -0.138. The van der Waals surface area contributed by atoms with Gasteiger partial charge in [-0.25, -0.2) is 0 Å². The van der Waals surface area contributed by atoms with Gasteiger partial charge in [0.05, 0.1) is 6.07 Å². The maximum atomic E-state index is 12.1. The van der Waals surface area contributed by atoms with Crippen molar-refractivity contribution in [3.63, 3.8) is 0 Å². The number of hydrogen-bond donors (Lipinski definition) is 0. The molecule has 1 fully saturated rings. The number of nitriles is 1. The second-order valence-corrected chi connectivity index (χ2v) is 5.26. The van der Waals surface area contributed by atoms with Crippen LogP contribution in [0.3, 0.4) is 0 Å². The van der Waals surface area contributed by atoms with Crippen LogP contribution in [0, 0.1) is 23.2 Å². The number of hydrogen-bond acceptors (Lipinski definition) is 2. The van der Waals surface area contributed by atoms with Crippen LogP contribution in [0.1, 0.15) is 40.5 Å². The molecule has 1 heterocycles. The zero-order valence-electron chi connectivity index (χ0n) is 10.1. The number of nitrogens with zero attached hydrogens (tertiary/aromatic N) is 2. The second kappa shape index (κ2) is 4.22. The number of carbonyl (C=O) groups is 1. The Morgan fingerprint density at radius 2 is 2.07 bits per heavy atom. The van der Waals surface area contributed by atoms with Crippen molar-refractivity contribution >= 4 is 5.91 Å². The average Bonchev–Trinajstić information content (AvgIpc) is 2.45. The fraction of sp³-hybridized carbons (Fsp3) is 0.833. The van der Waals surface area contributed by atoms with Crippen molar-refractivity contribution in [3.05, 3.63) is 0 Å². The quantitative estimate of drug-likeness (QED) is 0.698. The van der Waals surface area contributed by atoms with E-state index >= 15 is 0 Å². The van der Waals surface area contributed by atoms with Crippen LogP contribution in [0.5, 0.6) is 0 Å². The van der Waals surface area contributed by atoms with E-state index in [-0.39, 0.29) is 17.4 Å². The Balaban J connectivity index is 2.81. The van der Waals surface area contributed by atoms with E-state index in [1.807, 2.05) is 18.7 Å². The molecule has 0 N–H and O–H groups in total. The van der Waals surface area contributed by atoms with Crippen LogP contribution in [-0.2, 0) is 4.79 Å². The zero-order chi connectivity index (χ0) is 11.6. The standard InChI is InChI=1S/C12H20N2O/c1-9(2)10(8-13)11(15)14-7-5-6-12(14,3)4/h9-10H,5-7H2,1-4H3. The summed E-state index contributed by atoms with van der Waals surface area (Å²) in [6, 6.07) is 2.12. The Kier molecular flexibility index (Phi) is 3.38. The summed E-state index contributed by atoms with van der Waals surface area (Å²) in [6.07, 6.45) is 2.09. The van der Waals surface area contributed by atoms with Crippen molar-refractivity contribution in [1.29, 1.82) is 5.26 Å². The van der Waals surface area contributed by atoms with Crippen molar-refractivity contribution in [2.24, 2.45) is 11.8 Å². The van der Waals surface area contributed by atoms with Gasteiger partial charge in [-0.1, -0.05) is 13.8 Å². The molecule has 0 bridgehead atoms. The van der Waals surface area contributed by atoms with Crippen molar-refractivity contribution in [3.8, 4) is 6.07 Å². The fourth-order valence-corrected chi connectivity index (χ4v) is 2.17. The lowest BCUT2D eigenvalue weighted by Gasteiger charge is -2.33. The number of carbonyl (C=O) groups excluding carboxylic acids is 1. The molecule has 1 aliphatic heterocycles. The van der Waals surface area contributed by atoms with Gasteiger partial charge in [0.15, 0.2) is 0 Å². The summed E-state index contributed by atoms with van der Waals surface area (Å²) < 4.78 is 0. The molecule has 0 spiro atoms. The number of likely N-dealkylation sites (tertiary alicyclic amines) is 1. The molecular formula is C12H20N2O. The molecule has 15 heavy (non-hydrogen) atoms. The van der Waals surface area contributed by atoms with E-state index in [1.165, 1.54) is 0 Å². The van der Waals surface area contributed by atoms with Gasteiger partial charge in [-0.3, -0.25) is 4.79 Å². The normalized spacial score (nSPS) is 21.5. The Morgan fingerprint density at radius 3 is 2.40 bits per heavy atom. The molecule has 1 rings (SSSR count). The molecule has 0 aromatic rings. The van der Waals surface area contributed by atoms with Gasteiger partial charge < -0.3 is 4.90 Å². The second-order valence-electron chi connectivity index (χ2n) is 5.26. The highest BCUT2D eigenvalue weighted by atomic mass is 16.2. The molecule has 1 aliphatic rings. The molecule has 3 nitrogen and oxygen atoms in total. The van der Waals surface area contributed by atoms with Gasteiger partial charge in [-0.2, -0.15) is 5.26 Å². The third-order valence-corrected chi connectivity index (χ3v) is 3.24. The Labute approximate surface area is 92.1 Å². The number of rotatable bonds is 2. The zero-order valence-corrected chi connectivity index (χ0v) is 10.1. The van der Waals surface area contributed by atoms with E-state index in [9.17, 15) is 4.79 Å². The van der Waals surface area contributed by atoms with Crippen LogP contribution in [0.2, 0.25) is 0 Å². The van der Waals surface area contributed by atoms with Crippen molar-refractivity contribution in [1.82, 2.24) is 4.90 Å². The van der Waals surface area contributed by atoms with Crippen molar-refractivity contribution in [2.75, 3.05) is 6.54 Å². The summed E-state index contributed by atoms with van der Waals surface area (Å²) >= 11 is 0. The first-order chi connectivity index (χ1) is 6.90. The summed E-state index contributed by atoms with van der Waals surface area (Å²) in [5, 5.41) is 9.00. The van der Waals surface area contributed by atoms with Gasteiger partial charge in [0.2, 0.25) is 5.91 Å². The summed E-state index contributed by atoms with van der Waals surface area (Å²) in [4.78, 5) is 14.0. The third kappa shape index (κ3) is 2.31. The summed E-state index contributed by atoms with van der Waals surface area (Å²) in [5.74, 6) is -0.378. The molecule has 1 unspecified atom stereocenters. The average molecular weight is 208 g/mol. The maximum absolute atomic E-state index is 12.1.